The van der Waals surface area contributed by atoms with Crippen molar-refractivity contribution < 1.29 is 13.2 Å². The number of hydrogen-bond acceptors (Lipinski definition) is 4. The molecule has 152 valence electrons. The molecule has 6 heteroatoms. The molecule has 3 aromatic rings. The highest BCUT2D eigenvalue weighted by Crippen LogP contribution is 2.36. The number of ketones is 1. The molecule has 0 spiro atoms. The lowest BCUT2D eigenvalue weighted by Crippen LogP contribution is -2.39. The minimum atomic E-state index is -4.04. The van der Waals surface area contributed by atoms with Gasteiger partial charge in [0.1, 0.15) is 0 Å². The summed E-state index contributed by atoms with van der Waals surface area (Å²) in [5.41, 5.74) is 4.41. The molecule has 5 nitrogen and oxygen atoms in total. The van der Waals surface area contributed by atoms with Gasteiger partial charge in [-0.05, 0) is 43.2 Å². The van der Waals surface area contributed by atoms with Crippen LogP contribution in [0.3, 0.4) is 0 Å². The summed E-state index contributed by atoms with van der Waals surface area (Å²) in [5, 5.41) is 3.00. The number of nitrogens with one attached hydrogen (secondary N) is 1. The molecule has 1 heterocycles. The number of allylic oxidation sites excluding steroid dienone is 1. The zero-order chi connectivity index (χ0) is 21.3. The normalized spacial score (nSPS) is 16.4. The van der Waals surface area contributed by atoms with E-state index in [0.717, 1.165) is 22.4 Å². The van der Waals surface area contributed by atoms with Crippen LogP contribution in [-0.4, -0.2) is 14.2 Å². The Hall–Kier alpha value is -3.38. The summed E-state index contributed by atoms with van der Waals surface area (Å²) in [6, 6.07) is 22.0. The van der Waals surface area contributed by atoms with Crippen molar-refractivity contribution >= 4 is 27.2 Å². The molecule has 1 N–H and O–H groups in total. The maximum atomic E-state index is 13.5. The van der Waals surface area contributed by atoms with Gasteiger partial charge >= 0.3 is 0 Å². The van der Waals surface area contributed by atoms with E-state index >= 15 is 0 Å². The zero-order valence-corrected chi connectivity index (χ0v) is 17.6. The molecular weight excluding hydrogens is 396 g/mol. The van der Waals surface area contributed by atoms with Crippen molar-refractivity contribution in [3.05, 3.63) is 106 Å². The maximum absolute atomic E-state index is 13.5. The first-order valence-corrected chi connectivity index (χ1v) is 11.1. The van der Waals surface area contributed by atoms with Gasteiger partial charge in [-0.25, -0.2) is 8.42 Å². The lowest BCUT2D eigenvalue weighted by atomic mass is 10.1. The van der Waals surface area contributed by atoms with Crippen LogP contribution in [0.2, 0.25) is 0 Å². The van der Waals surface area contributed by atoms with Gasteiger partial charge in [-0.15, -0.1) is 0 Å². The van der Waals surface area contributed by atoms with Crippen LogP contribution in [0.5, 0.6) is 0 Å². The molecular formula is C24H22N2O3S. The minimum Gasteiger partial charge on any atom is -0.360 e. The summed E-state index contributed by atoms with van der Waals surface area (Å²) in [7, 11) is -4.04. The Morgan fingerprint density at radius 1 is 0.900 bits per heavy atom. The highest BCUT2D eigenvalue weighted by atomic mass is 32.2. The molecule has 0 unspecified atom stereocenters. The lowest BCUT2D eigenvalue weighted by molar-refractivity contribution is 0.104. The Morgan fingerprint density at radius 3 is 2.30 bits per heavy atom. The molecule has 0 aliphatic carbocycles. The highest BCUT2D eigenvalue weighted by molar-refractivity contribution is 7.97. The van der Waals surface area contributed by atoms with Crippen molar-refractivity contribution in [2.24, 2.45) is 0 Å². The van der Waals surface area contributed by atoms with E-state index in [0.29, 0.717) is 11.3 Å². The number of para-hydroxylation sites is 2. The van der Waals surface area contributed by atoms with Gasteiger partial charge in [0, 0.05) is 17.5 Å². The molecule has 1 aliphatic rings. The number of benzene rings is 3. The number of nitrogens with zero attached hydrogens (tertiary/aromatic N) is 1. The SMILES string of the molecule is Cc1ccc(CN2c3ccccc3C(=O)/C(=C\Nc3ccccc3C)S2(=O)=O)cc1. The molecule has 0 bridgehead atoms. The van der Waals surface area contributed by atoms with Crippen molar-refractivity contribution in [1.29, 1.82) is 0 Å². The van der Waals surface area contributed by atoms with Gasteiger partial charge in [-0.1, -0.05) is 60.2 Å². The third-order valence-corrected chi connectivity index (χ3v) is 6.92. The van der Waals surface area contributed by atoms with E-state index < -0.39 is 15.8 Å². The van der Waals surface area contributed by atoms with Gasteiger partial charge in [-0.2, -0.15) is 0 Å². The second-order valence-electron chi connectivity index (χ2n) is 7.31. The van der Waals surface area contributed by atoms with Crippen molar-refractivity contribution in [1.82, 2.24) is 0 Å². The zero-order valence-electron chi connectivity index (χ0n) is 16.8. The van der Waals surface area contributed by atoms with Gasteiger partial charge in [0.25, 0.3) is 10.0 Å². The highest BCUT2D eigenvalue weighted by Gasteiger charge is 2.40. The average Bonchev–Trinajstić information content (AvgIpc) is 2.73. The summed E-state index contributed by atoms with van der Waals surface area (Å²) >= 11 is 0. The topological polar surface area (TPSA) is 66.5 Å². The molecule has 30 heavy (non-hydrogen) atoms. The smallest absolute Gasteiger partial charge is 0.270 e. The number of anilines is 2. The number of fused-ring (bicyclic) bond motifs is 1. The summed E-state index contributed by atoms with van der Waals surface area (Å²) in [4.78, 5) is 12.8. The summed E-state index contributed by atoms with van der Waals surface area (Å²) < 4.78 is 28.2. The van der Waals surface area contributed by atoms with Crippen molar-refractivity contribution in [2.75, 3.05) is 9.62 Å². The van der Waals surface area contributed by atoms with E-state index in [2.05, 4.69) is 5.32 Å². The van der Waals surface area contributed by atoms with Crippen LogP contribution in [0.4, 0.5) is 11.4 Å². The second-order valence-corrected chi connectivity index (χ2v) is 9.14. The maximum Gasteiger partial charge on any atom is 0.270 e. The van der Waals surface area contributed by atoms with Crippen LogP contribution in [0.1, 0.15) is 27.0 Å². The first-order chi connectivity index (χ1) is 14.4. The first kappa shape index (κ1) is 19.9. The standard InChI is InChI=1S/C24H22N2O3S/c1-17-11-13-19(14-12-17)16-26-22-10-6-4-8-20(22)24(27)23(30(26,28)29)15-25-21-9-5-3-7-18(21)2/h3-15,25H,16H2,1-2H3/b23-15+. The van der Waals surface area contributed by atoms with Crippen molar-refractivity contribution in [3.63, 3.8) is 0 Å². The van der Waals surface area contributed by atoms with E-state index in [1.165, 1.54) is 10.5 Å². The first-order valence-electron chi connectivity index (χ1n) is 9.62. The van der Waals surface area contributed by atoms with E-state index in [-0.39, 0.29) is 11.4 Å². The van der Waals surface area contributed by atoms with Gasteiger partial charge in [0.15, 0.2) is 4.91 Å². The fourth-order valence-corrected chi connectivity index (χ4v) is 4.96. The largest absolute Gasteiger partial charge is 0.360 e. The molecule has 0 atom stereocenters. The van der Waals surface area contributed by atoms with Crippen LogP contribution in [0, 0.1) is 13.8 Å². The molecule has 4 rings (SSSR count). The molecule has 0 aromatic heterocycles. The monoisotopic (exact) mass is 418 g/mol. The average molecular weight is 419 g/mol. The quantitative estimate of drug-likeness (QED) is 0.619. The minimum absolute atomic E-state index is 0.147. The third-order valence-electron chi connectivity index (χ3n) is 5.16. The van der Waals surface area contributed by atoms with Crippen molar-refractivity contribution in [2.45, 2.75) is 20.4 Å². The Balaban J connectivity index is 1.79. The summed E-state index contributed by atoms with van der Waals surface area (Å²) in [5.74, 6) is -0.508. The van der Waals surface area contributed by atoms with E-state index in [4.69, 9.17) is 0 Å². The molecule has 0 amide bonds. The lowest BCUT2D eigenvalue weighted by Gasteiger charge is -2.31. The molecule has 0 saturated carbocycles. The van der Waals surface area contributed by atoms with Gasteiger partial charge in [-0.3, -0.25) is 9.10 Å². The second kappa shape index (κ2) is 7.80. The summed E-state index contributed by atoms with van der Waals surface area (Å²) in [6.07, 6.45) is 1.30. The number of Topliss-reactive ketones (excluding diaryl/α,β-unsaturated/α-hetero) is 1. The Kier molecular flexibility index (Phi) is 5.18. The third kappa shape index (κ3) is 3.62. The van der Waals surface area contributed by atoms with E-state index in [9.17, 15) is 13.2 Å². The fraction of sp³-hybridized carbons (Fsp3) is 0.125. The number of aryl methyl sites for hydroxylation is 2. The van der Waals surface area contributed by atoms with E-state index in [1.807, 2.05) is 62.4 Å². The Bertz CT molecular complexity index is 1250. The van der Waals surface area contributed by atoms with Crippen LogP contribution in [0.25, 0.3) is 0 Å². The van der Waals surface area contributed by atoms with Crippen LogP contribution >= 0.6 is 0 Å². The predicted molar refractivity (Wildman–Crippen MR) is 120 cm³/mol. The predicted octanol–water partition coefficient (Wildman–Crippen LogP) is 4.79. The molecule has 0 saturated heterocycles. The Labute approximate surface area is 176 Å². The van der Waals surface area contributed by atoms with Crippen LogP contribution in [-0.2, 0) is 16.6 Å². The number of hydrogen-bond donors (Lipinski definition) is 1. The van der Waals surface area contributed by atoms with Gasteiger partial charge in [0.2, 0.25) is 5.78 Å². The van der Waals surface area contributed by atoms with Crippen LogP contribution < -0.4 is 9.62 Å². The van der Waals surface area contributed by atoms with Crippen molar-refractivity contribution in [3.8, 4) is 0 Å². The Morgan fingerprint density at radius 2 is 1.57 bits per heavy atom. The van der Waals surface area contributed by atoms with Gasteiger partial charge < -0.3 is 5.32 Å². The fourth-order valence-electron chi connectivity index (χ4n) is 3.43. The summed E-state index contributed by atoms with van der Waals surface area (Å²) in [6.45, 7) is 4.04. The number of sulfonamides is 1. The molecule has 1 aliphatic heterocycles. The number of rotatable bonds is 4. The number of carbonyl (C=O) groups excluding carboxylic acids is 1. The molecule has 0 fully saturated rings. The van der Waals surface area contributed by atoms with Gasteiger partial charge in [0.05, 0.1) is 12.2 Å². The number of carbonyl (C=O) groups is 1. The van der Waals surface area contributed by atoms with Crippen LogP contribution in [0.15, 0.2) is 83.9 Å². The molecule has 0 radical (unpaired) electrons. The molecule has 3 aromatic carbocycles. The van der Waals surface area contributed by atoms with E-state index in [1.54, 1.807) is 24.3 Å².